The standard InChI is InChI=1S/C11H17N3O5/c1-19-10(18)12-7-2-5-14(6-7)9(17)13-11(3-4-11)8(15)16/h7H,2-6H2,1H3,(H,12,18)(H,13,17)(H,15,16). The van der Waals surface area contributed by atoms with Crippen molar-refractivity contribution in [1.82, 2.24) is 15.5 Å². The van der Waals surface area contributed by atoms with E-state index in [2.05, 4.69) is 15.4 Å². The zero-order valence-corrected chi connectivity index (χ0v) is 10.6. The van der Waals surface area contributed by atoms with Gasteiger partial charge in [0, 0.05) is 13.1 Å². The minimum Gasteiger partial charge on any atom is -0.480 e. The van der Waals surface area contributed by atoms with Crippen molar-refractivity contribution in [2.24, 2.45) is 0 Å². The van der Waals surface area contributed by atoms with Crippen LogP contribution in [0.4, 0.5) is 9.59 Å². The van der Waals surface area contributed by atoms with Crippen LogP contribution >= 0.6 is 0 Å². The zero-order valence-electron chi connectivity index (χ0n) is 10.6. The number of amides is 3. The second kappa shape index (κ2) is 4.94. The molecule has 1 aliphatic carbocycles. The summed E-state index contributed by atoms with van der Waals surface area (Å²) in [5.41, 5.74) is -1.08. The highest BCUT2D eigenvalue weighted by Gasteiger charge is 2.52. The van der Waals surface area contributed by atoms with Gasteiger partial charge in [0.25, 0.3) is 0 Å². The summed E-state index contributed by atoms with van der Waals surface area (Å²) in [4.78, 5) is 35.4. The molecule has 2 rings (SSSR count). The number of carboxylic acids is 1. The Morgan fingerprint density at radius 2 is 2.05 bits per heavy atom. The normalized spacial score (nSPS) is 23.6. The molecule has 19 heavy (non-hydrogen) atoms. The van der Waals surface area contributed by atoms with Crippen molar-refractivity contribution in [3.63, 3.8) is 0 Å². The molecule has 1 saturated heterocycles. The Hall–Kier alpha value is -1.99. The summed E-state index contributed by atoms with van der Waals surface area (Å²) in [6.07, 6.45) is 1.02. The maximum Gasteiger partial charge on any atom is 0.407 e. The molecule has 106 valence electrons. The number of hydrogen-bond acceptors (Lipinski definition) is 4. The van der Waals surface area contributed by atoms with E-state index in [1.54, 1.807) is 0 Å². The van der Waals surface area contributed by atoms with Crippen molar-refractivity contribution in [3.8, 4) is 0 Å². The average molecular weight is 271 g/mol. The molecule has 1 aliphatic heterocycles. The van der Waals surface area contributed by atoms with E-state index in [1.807, 2.05) is 0 Å². The molecule has 3 N–H and O–H groups in total. The van der Waals surface area contributed by atoms with E-state index in [-0.39, 0.29) is 6.04 Å². The molecular formula is C11H17N3O5. The lowest BCUT2D eigenvalue weighted by Crippen LogP contribution is -2.49. The third kappa shape index (κ3) is 2.88. The molecule has 1 saturated carbocycles. The lowest BCUT2D eigenvalue weighted by Gasteiger charge is -2.20. The molecule has 0 bridgehead atoms. The van der Waals surface area contributed by atoms with Gasteiger partial charge >= 0.3 is 18.1 Å². The molecule has 1 unspecified atom stereocenters. The summed E-state index contributed by atoms with van der Waals surface area (Å²) in [6, 6.07) is -0.549. The first-order chi connectivity index (χ1) is 8.97. The number of hydrogen-bond donors (Lipinski definition) is 3. The number of carboxylic acid groups (broad SMARTS) is 1. The van der Waals surface area contributed by atoms with Crippen LogP contribution in [-0.4, -0.2) is 59.9 Å². The lowest BCUT2D eigenvalue weighted by molar-refractivity contribution is -0.140. The topological polar surface area (TPSA) is 108 Å². The first-order valence-electron chi connectivity index (χ1n) is 6.12. The van der Waals surface area contributed by atoms with Gasteiger partial charge in [-0.15, -0.1) is 0 Å². The summed E-state index contributed by atoms with van der Waals surface area (Å²) < 4.78 is 4.48. The number of nitrogens with zero attached hydrogens (tertiary/aromatic N) is 1. The third-order valence-corrected chi connectivity index (χ3v) is 3.49. The fourth-order valence-electron chi connectivity index (χ4n) is 2.09. The molecule has 0 aromatic carbocycles. The lowest BCUT2D eigenvalue weighted by atomic mass is 10.3. The Morgan fingerprint density at radius 3 is 2.58 bits per heavy atom. The number of likely N-dealkylation sites (tertiary alicyclic amines) is 1. The predicted molar refractivity (Wildman–Crippen MR) is 63.7 cm³/mol. The number of alkyl carbamates (subject to hydrolysis) is 1. The van der Waals surface area contributed by atoms with Crippen LogP contribution in [0.2, 0.25) is 0 Å². The monoisotopic (exact) mass is 271 g/mol. The molecule has 8 nitrogen and oxygen atoms in total. The molecule has 0 aromatic rings. The highest BCUT2D eigenvalue weighted by molar-refractivity contribution is 5.89. The molecule has 1 heterocycles. The number of carbonyl (C=O) groups excluding carboxylic acids is 2. The number of carbonyl (C=O) groups is 3. The number of ether oxygens (including phenoxy) is 1. The van der Waals surface area contributed by atoms with Crippen molar-refractivity contribution in [1.29, 1.82) is 0 Å². The maximum atomic E-state index is 11.9. The Morgan fingerprint density at radius 1 is 1.37 bits per heavy atom. The van der Waals surface area contributed by atoms with E-state index in [1.165, 1.54) is 12.0 Å². The van der Waals surface area contributed by atoms with E-state index in [0.717, 1.165) is 0 Å². The Kier molecular flexibility index (Phi) is 3.50. The average Bonchev–Trinajstić information content (AvgIpc) is 3.00. The molecule has 0 spiro atoms. The van der Waals surface area contributed by atoms with Gasteiger partial charge < -0.3 is 25.4 Å². The Bertz CT molecular complexity index is 407. The molecule has 8 heteroatoms. The highest BCUT2D eigenvalue weighted by atomic mass is 16.5. The highest BCUT2D eigenvalue weighted by Crippen LogP contribution is 2.35. The van der Waals surface area contributed by atoms with Crippen molar-refractivity contribution in [3.05, 3.63) is 0 Å². The minimum absolute atomic E-state index is 0.154. The second-order valence-electron chi connectivity index (χ2n) is 4.88. The van der Waals surface area contributed by atoms with Gasteiger partial charge in [-0.3, -0.25) is 0 Å². The van der Waals surface area contributed by atoms with E-state index in [4.69, 9.17) is 5.11 Å². The second-order valence-corrected chi connectivity index (χ2v) is 4.88. The van der Waals surface area contributed by atoms with Gasteiger partial charge in [0.2, 0.25) is 0 Å². The third-order valence-electron chi connectivity index (χ3n) is 3.49. The van der Waals surface area contributed by atoms with E-state index < -0.39 is 23.6 Å². The summed E-state index contributed by atoms with van der Waals surface area (Å²) in [5, 5.41) is 14.1. The fourth-order valence-corrected chi connectivity index (χ4v) is 2.09. The van der Waals surface area contributed by atoms with Crippen molar-refractivity contribution < 1.29 is 24.2 Å². The van der Waals surface area contributed by atoms with Crippen LogP contribution in [-0.2, 0) is 9.53 Å². The smallest absolute Gasteiger partial charge is 0.407 e. The molecule has 2 fully saturated rings. The van der Waals surface area contributed by atoms with Gasteiger partial charge in [0.1, 0.15) is 5.54 Å². The zero-order chi connectivity index (χ0) is 14.0. The van der Waals surface area contributed by atoms with Crippen LogP contribution in [0.1, 0.15) is 19.3 Å². The quantitative estimate of drug-likeness (QED) is 0.655. The molecular weight excluding hydrogens is 254 g/mol. The van der Waals surface area contributed by atoms with Crippen LogP contribution in [0.3, 0.4) is 0 Å². The maximum absolute atomic E-state index is 11.9. The van der Waals surface area contributed by atoms with Gasteiger partial charge in [0.05, 0.1) is 13.2 Å². The first kappa shape index (κ1) is 13.4. The summed E-state index contributed by atoms with van der Waals surface area (Å²) >= 11 is 0. The van der Waals surface area contributed by atoms with E-state index >= 15 is 0 Å². The number of aliphatic carboxylic acids is 1. The first-order valence-corrected chi connectivity index (χ1v) is 6.12. The van der Waals surface area contributed by atoms with E-state index in [0.29, 0.717) is 32.4 Å². The molecule has 1 atom stereocenters. The van der Waals surface area contributed by atoms with Crippen LogP contribution < -0.4 is 10.6 Å². The van der Waals surface area contributed by atoms with Crippen molar-refractivity contribution >= 4 is 18.1 Å². The largest absolute Gasteiger partial charge is 0.480 e. The Balaban J connectivity index is 1.82. The number of rotatable bonds is 3. The summed E-state index contributed by atoms with van der Waals surface area (Å²) in [6.45, 7) is 0.840. The van der Waals surface area contributed by atoms with Crippen LogP contribution in [0.25, 0.3) is 0 Å². The number of nitrogens with one attached hydrogen (secondary N) is 2. The summed E-state index contributed by atoms with van der Waals surface area (Å²) in [5.74, 6) is -0.996. The number of urea groups is 1. The minimum atomic E-state index is -1.08. The molecule has 3 amide bonds. The van der Waals surface area contributed by atoms with Crippen molar-refractivity contribution in [2.45, 2.75) is 30.8 Å². The Labute approximate surface area is 110 Å². The van der Waals surface area contributed by atoms with Gasteiger partial charge in [-0.2, -0.15) is 0 Å². The molecule has 2 aliphatic rings. The van der Waals surface area contributed by atoms with Crippen LogP contribution in [0, 0.1) is 0 Å². The molecule has 0 radical (unpaired) electrons. The van der Waals surface area contributed by atoms with Crippen LogP contribution in [0.5, 0.6) is 0 Å². The van der Waals surface area contributed by atoms with E-state index in [9.17, 15) is 14.4 Å². The van der Waals surface area contributed by atoms with Crippen LogP contribution in [0.15, 0.2) is 0 Å². The van der Waals surface area contributed by atoms with Gasteiger partial charge in [0.15, 0.2) is 0 Å². The van der Waals surface area contributed by atoms with Gasteiger partial charge in [-0.05, 0) is 19.3 Å². The van der Waals surface area contributed by atoms with Gasteiger partial charge in [-0.25, -0.2) is 14.4 Å². The van der Waals surface area contributed by atoms with Gasteiger partial charge in [-0.1, -0.05) is 0 Å². The molecule has 0 aromatic heterocycles. The number of methoxy groups -OCH3 is 1. The SMILES string of the molecule is COC(=O)NC1CCN(C(=O)NC2(C(=O)O)CC2)C1. The predicted octanol–water partition coefficient (Wildman–Crippen LogP) is -0.256. The fraction of sp³-hybridized carbons (Fsp3) is 0.727. The summed E-state index contributed by atoms with van der Waals surface area (Å²) in [7, 11) is 1.28. The van der Waals surface area contributed by atoms with Crippen molar-refractivity contribution in [2.75, 3.05) is 20.2 Å².